The van der Waals surface area contributed by atoms with E-state index in [1.165, 1.54) is 12.1 Å². The number of nitro groups is 1. The highest BCUT2D eigenvalue weighted by atomic mass is 35.5. The Morgan fingerprint density at radius 3 is 2.29 bits per heavy atom. The van der Waals surface area contributed by atoms with Crippen molar-refractivity contribution < 1.29 is 13.3 Å². The van der Waals surface area contributed by atoms with Crippen molar-refractivity contribution in [2.24, 2.45) is 0 Å². The van der Waals surface area contributed by atoms with Crippen LogP contribution in [0.1, 0.15) is 0 Å². The van der Waals surface area contributed by atoms with Crippen LogP contribution in [0.2, 0.25) is 5.02 Å². The van der Waals surface area contributed by atoms with Crippen LogP contribution in [-0.4, -0.2) is 25.1 Å². The molecule has 0 amide bonds. The Morgan fingerprint density at radius 1 is 1.21 bits per heavy atom. The van der Waals surface area contributed by atoms with E-state index in [2.05, 4.69) is 0 Å². The highest BCUT2D eigenvalue weighted by Crippen LogP contribution is 2.46. The minimum Gasteiger partial charge on any atom is -0.303 e. The van der Waals surface area contributed by atoms with Crippen LogP contribution in [0.25, 0.3) is 0 Å². The third-order valence-electron chi connectivity index (χ3n) is 3.01. The molecule has 0 bridgehead atoms. The number of hydrogen-bond acceptors (Lipinski definition) is 5. The fourth-order valence-corrected chi connectivity index (χ4v) is 5.13. The van der Waals surface area contributed by atoms with Gasteiger partial charge in [-0.05, 0) is 12.1 Å². The lowest BCUT2D eigenvalue weighted by atomic mass is 10.2. The molecule has 0 saturated carbocycles. The molecule has 12 heteroatoms. The van der Waals surface area contributed by atoms with Gasteiger partial charge in [-0.25, -0.2) is 8.42 Å². The van der Waals surface area contributed by atoms with E-state index in [0.29, 0.717) is 0 Å². The second kappa shape index (κ2) is 6.90. The number of sulfone groups is 1. The van der Waals surface area contributed by atoms with Gasteiger partial charge < -0.3 is 4.90 Å². The van der Waals surface area contributed by atoms with Gasteiger partial charge in [-0.3, -0.25) is 10.1 Å². The van der Waals surface area contributed by atoms with Crippen molar-refractivity contribution in [2.75, 3.05) is 11.2 Å². The SMILES string of the molecule is CS(=O)(=O)C1=C(Cl)C(Cl)N(c2ccc(Cl)cc2[N+](=O)[O-])C(Cl)=C1Cl. The van der Waals surface area contributed by atoms with Crippen LogP contribution in [0, 0.1) is 10.1 Å². The molecule has 1 aromatic carbocycles. The normalized spacial score (nSPS) is 19.1. The lowest BCUT2D eigenvalue weighted by Gasteiger charge is -2.33. The van der Waals surface area contributed by atoms with Crippen LogP contribution < -0.4 is 4.90 Å². The molecular weight excluding hydrogens is 445 g/mol. The molecule has 1 aliphatic rings. The molecule has 0 aromatic heterocycles. The number of rotatable bonds is 3. The van der Waals surface area contributed by atoms with Crippen molar-refractivity contribution in [2.45, 2.75) is 5.50 Å². The highest BCUT2D eigenvalue weighted by molar-refractivity contribution is 7.95. The Bertz CT molecular complexity index is 897. The molecule has 24 heavy (non-hydrogen) atoms. The van der Waals surface area contributed by atoms with E-state index in [1.807, 2.05) is 0 Å². The summed E-state index contributed by atoms with van der Waals surface area (Å²) >= 11 is 30.1. The molecule has 2 rings (SSSR count). The number of alkyl halides is 1. The zero-order chi connectivity index (χ0) is 18.4. The molecule has 0 radical (unpaired) electrons. The molecular formula is C12H7Cl5N2O4S. The number of halogens is 5. The summed E-state index contributed by atoms with van der Waals surface area (Å²) in [7, 11) is -3.82. The first kappa shape index (κ1) is 19.6. The van der Waals surface area contributed by atoms with Crippen LogP contribution in [-0.2, 0) is 9.84 Å². The first-order valence-electron chi connectivity index (χ1n) is 5.99. The quantitative estimate of drug-likeness (QED) is 0.286. The predicted octanol–water partition coefficient (Wildman–Crippen LogP) is 4.77. The van der Waals surface area contributed by atoms with Crippen molar-refractivity contribution >= 4 is 79.2 Å². The van der Waals surface area contributed by atoms with Crippen LogP contribution in [0.4, 0.5) is 11.4 Å². The summed E-state index contributed by atoms with van der Waals surface area (Å²) in [5, 5.41) is 10.4. The molecule has 130 valence electrons. The summed E-state index contributed by atoms with van der Waals surface area (Å²) in [6.45, 7) is 0. The maximum atomic E-state index is 11.8. The predicted molar refractivity (Wildman–Crippen MR) is 96.7 cm³/mol. The average molecular weight is 453 g/mol. The van der Waals surface area contributed by atoms with Gasteiger partial charge in [0.25, 0.3) is 5.69 Å². The lowest BCUT2D eigenvalue weighted by Crippen LogP contribution is -2.35. The lowest BCUT2D eigenvalue weighted by molar-refractivity contribution is -0.384. The second-order valence-corrected chi connectivity index (χ2v) is 8.60. The van der Waals surface area contributed by atoms with Gasteiger partial charge in [0.05, 0.1) is 15.0 Å². The number of nitrogens with zero attached hydrogens (tertiary/aromatic N) is 2. The van der Waals surface area contributed by atoms with Crippen molar-refractivity contribution in [3.63, 3.8) is 0 Å². The largest absolute Gasteiger partial charge is 0.303 e. The average Bonchev–Trinajstić information content (AvgIpc) is 2.45. The first-order chi connectivity index (χ1) is 11.0. The molecule has 0 fully saturated rings. The number of anilines is 1. The second-order valence-electron chi connectivity index (χ2n) is 4.65. The van der Waals surface area contributed by atoms with Gasteiger partial charge in [0, 0.05) is 17.3 Å². The van der Waals surface area contributed by atoms with Gasteiger partial charge in [0.2, 0.25) is 0 Å². The molecule has 1 unspecified atom stereocenters. The highest BCUT2D eigenvalue weighted by Gasteiger charge is 2.39. The fourth-order valence-electron chi connectivity index (χ4n) is 2.04. The van der Waals surface area contributed by atoms with Gasteiger partial charge in [0.1, 0.15) is 21.2 Å². The van der Waals surface area contributed by atoms with Crippen LogP contribution in [0.3, 0.4) is 0 Å². The molecule has 1 aliphatic heterocycles. The molecule has 1 aromatic rings. The van der Waals surface area contributed by atoms with Gasteiger partial charge in [0.15, 0.2) is 9.84 Å². The van der Waals surface area contributed by atoms with E-state index in [9.17, 15) is 18.5 Å². The van der Waals surface area contributed by atoms with E-state index < -0.39 is 30.9 Å². The zero-order valence-corrected chi connectivity index (χ0v) is 16.2. The summed E-state index contributed by atoms with van der Waals surface area (Å²) in [5.41, 5.74) is -1.76. The maximum absolute atomic E-state index is 11.8. The summed E-state index contributed by atoms with van der Waals surface area (Å²) < 4.78 is 23.7. The molecule has 0 aliphatic carbocycles. The number of allylic oxidation sites excluding steroid dienone is 1. The summed E-state index contributed by atoms with van der Waals surface area (Å²) in [5.74, 6) is 0. The topological polar surface area (TPSA) is 80.5 Å². The van der Waals surface area contributed by atoms with E-state index >= 15 is 0 Å². The molecule has 1 heterocycles. The van der Waals surface area contributed by atoms with Crippen LogP contribution in [0.15, 0.2) is 38.3 Å². The minimum atomic E-state index is -3.82. The van der Waals surface area contributed by atoms with Crippen molar-refractivity contribution in [3.8, 4) is 0 Å². The Hall–Kier alpha value is -0.700. The Morgan fingerprint density at radius 2 is 1.79 bits per heavy atom. The molecule has 1 atom stereocenters. The van der Waals surface area contributed by atoms with Crippen molar-refractivity contribution in [1.29, 1.82) is 0 Å². The Kier molecular flexibility index (Phi) is 5.64. The number of hydrogen-bond donors (Lipinski definition) is 0. The molecule has 0 saturated heterocycles. The molecule has 6 nitrogen and oxygen atoms in total. The Balaban J connectivity index is 2.73. The van der Waals surface area contributed by atoms with Gasteiger partial charge >= 0.3 is 0 Å². The molecule has 0 spiro atoms. The monoisotopic (exact) mass is 450 g/mol. The van der Waals surface area contributed by atoms with Crippen molar-refractivity contribution in [1.82, 2.24) is 0 Å². The van der Waals surface area contributed by atoms with Gasteiger partial charge in [-0.1, -0.05) is 58.0 Å². The Labute approximate surface area is 162 Å². The first-order valence-corrected chi connectivity index (χ1v) is 9.83. The van der Waals surface area contributed by atoms with Gasteiger partial charge in [-0.2, -0.15) is 0 Å². The summed E-state index contributed by atoms with van der Waals surface area (Å²) in [6, 6.07) is 3.79. The number of nitro benzene ring substituents is 1. The van der Waals surface area contributed by atoms with Crippen LogP contribution in [0.5, 0.6) is 0 Å². The van der Waals surface area contributed by atoms with Gasteiger partial charge in [-0.15, -0.1) is 0 Å². The van der Waals surface area contributed by atoms with Crippen LogP contribution >= 0.6 is 58.0 Å². The smallest absolute Gasteiger partial charge is 0.294 e. The van der Waals surface area contributed by atoms with E-state index in [1.54, 1.807) is 0 Å². The summed E-state index contributed by atoms with van der Waals surface area (Å²) in [4.78, 5) is 11.2. The molecule has 0 N–H and O–H groups in total. The fraction of sp³-hybridized carbons (Fsp3) is 0.167. The number of benzene rings is 1. The zero-order valence-electron chi connectivity index (χ0n) is 11.6. The third kappa shape index (κ3) is 3.47. The van der Waals surface area contributed by atoms with E-state index in [4.69, 9.17) is 58.0 Å². The standard InChI is InChI=1S/C12H7Cl5N2O4S/c1-24(22,23)10-8(14)11(16)18(12(17)9(10)15)6-3-2-5(13)4-7(6)19(20)21/h2-4,11H,1H3. The minimum absolute atomic E-state index is 0.0433. The maximum Gasteiger partial charge on any atom is 0.294 e. The van der Waals surface area contributed by atoms with E-state index in [-0.39, 0.29) is 25.9 Å². The summed E-state index contributed by atoms with van der Waals surface area (Å²) in [6.07, 6.45) is 0.890. The van der Waals surface area contributed by atoms with Crippen molar-refractivity contribution in [3.05, 3.63) is 53.5 Å². The van der Waals surface area contributed by atoms with E-state index in [0.717, 1.165) is 17.2 Å². The third-order valence-corrected chi connectivity index (χ3v) is 6.39.